The van der Waals surface area contributed by atoms with Crippen molar-refractivity contribution in [2.45, 2.75) is 26.7 Å². The Kier molecular flexibility index (Phi) is 4.58. The number of rotatable bonds is 5. The van der Waals surface area contributed by atoms with Crippen molar-refractivity contribution < 1.29 is 22.6 Å². The number of amides is 1. The number of hydrogen-bond donors (Lipinski definition) is 1. The third-order valence-corrected chi connectivity index (χ3v) is 6.06. The van der Waals surface area contributed by atoms with E-state index in [1.54, 1.807) is 6.92 Å². The number of carbonyl (C=O) groups is 2. The normalized spacial score (nSPS) is 16.1. The molecule has 0 unspecified atom stereocenters. The summed E-state index contributed by atoms with van der Waals surface area (Å²) in [6.07, 6.45) is 4.07. The molecule has 1 saturated heterocycles. The number of aromatic nitrogens is 6. The molecule has 11 nitrogen and oxygen atoms in total. The second-order valence-corrected chi connectivity index (χ2v) is 8.37. The highest BCUT2D eigenvalue weighted by atomic mass is 16.5. The molecule has 1 N–H and O–H groups in total. The average Bonchev–Trinajstić information content (AvgIpc) is 3.61. The lowest BCUT2D eigenvalue weighted by Gasteiger charge is -2.28. The Labute approximate surface area is 221 Å². The molecule has 186 valence electrons. The molecule has 1 aliphatic rings. The Morgan fingerprint density at radius 3 is 2.73 bits per heavy atom. The number of aromatic amines is 1. The summed E-state index contributed by atoms with van der Waals surface area (Å²) in [5.74, 6) is -1.30. The molecule has 37 heavy (non-hydrogen) atoms. The minimum absolute atomic E-state index is 0.0472. The lowest BCUT2D eigenvalue weighted by Crippen LogP contribution is -2.40. The van der Waals surface area contributed by atoms with E-state index in [0.29, 0.717) is 11.4 Å². The lowest BCUT2D eigenvalue weighted by atomic mass is 9.99. The number of carbonyl (C=O) groups excluding carboxylic acids is 2. The molecule has 5 rings (SSSR count). The van der Waals surface area contributed by atoms with Crippen LogP contribution in [0.15, 0.2) is 42.6 Å². The van der Waals surface area contributed by atoms with Crippen LogP contribution in [0.4, 0.5) is 0 Å². The van der Waals surface area contributed by atoms with Crippen molar-refractivity contribution >= 4 is 28.3 Å². The monoisotopic (exact) mass is 502 g/mol. The van der Waals surface area contributed by atoms with E-state index < -0.39 is 18.7 Å². The van der Waals surface area contributed by atoms with Gasteiger partial charge >= 0.3 is 0 Å². The zero-order valence-electron chi connectivity index (χ0n) is 25.9. The van der Waals surface area contributed by atoms with Crippen molar-refractivity contribution in [3.05, 3.63) is 76.6 Å². The first-order valence-electron chi connectivity index (χ1n) is 14.3. The first kappa shape index (κ1) is 17.6. The molecule has 0 radical (unpaired) electrons. The molecule has 0 bridgehead atoms. The van der Waals surface area contributed by atoms with E-state index in [9.17, 15) is 9.59 Å². The molecule has 11 heteroatoms. The maximum atomic E-state index is 13.5. The Bertz CT molecular complexity index is 1860. The molecule has 1 amide bonds. The fourth-order valence-electron chi connectivity index (χ4n) is 4.22. The van der Waals surface area contributed by atoms with E-state index in [1.807, 2.05) is 0 Å². The van der Waals surface area contributed by atoms with Gasteiger partial charge in [-0.1, -0.05) is 11.6 Å². The predicted octanol–water partition coefficient (Wildman–Crippen LogP) is 3.30. The Morgan fingerprint density at radius 2 is 2.03 bits per heavy atom. The van der Waals surface area contributed by atoms with Crippen LogP contribution < -0.4 is 4.74 Å². The van der Waals surface area contributed by atoms with Crippen LogP contribution in [0.25, 0.3) is 27.3 Å². The molecule has 4 aromatic rings. The SMILES string of the molecule is [2H]c1nc(C([N+]#[C-])=C2CCN(C(=O)C(=O)c3c[nH]c4c(-n5cnc(C)n5)ncc(OC([2H])([2H])[2H])c34)CC2)c([2H])c([2H])c1C. The van der Waals surface area contributed by atoms with Gasteiger partial charge in [0, 0.05) is 25.5 Å². The molecule has 1 aliphatic heterocycles. The summed E-state index contributed by atoms with van der Waals surface area (Å²) in [7, 11) is -2.86. The van der Waals surface area contributed by atoms with Crippen LogP contribution in [0.5, 0.6) is 5.75 Å². The number of methoxy groups -OCH3 is 1. The molecular formula is C26H24N8O3. The Balaban J connectivity index is 1.45. The van der Waals surface area contributed by atoms with E-state index in [4.69, 9.17) is 19.5 Å². The summed E-state index contributed by atoms with van der Waals surface area (Å²) < 4.78 is 53.4. The van der Waals surface area contributed by atoms with Crippen LogP contribution in [0.2, 0.25) is 0 Å². The summed E-state index contributed by atoms with van der Waals surface area (Å²) in [6, 6.07) is -0.419. The summed E-state index contributed by atoms with van der Waals surface area (Å²) in [4.78, 5) is 47.1. The number of Topliss-reactive ketones (excluding diaryl/α,β-unsaturated/α-hetero) is 1. The van der Waals surface area contributed by atoms with Gasteiger partial charge in [0.05, 0.1) is 50.2 Å². The molecule has 4 aromatic heterocycles. The first-order valence-corrected chi connectivity index (χ1v) is 11.3. The average molecular weight is 503 g/mol. The van der Waals surface area contributed by atoms with Crippen molar-refractivity contribution in [2.75, 3.05) is 20.1 Å². The first-order chi connectivity index (χ1) is 20.3. The zero-order chi connectivity index (χ0) is 31.2. The molecule has 0 saturated carbocycles. The van der Waals surface area contributed by atoms with Gasteiger partial charge in [-0.15, -0.1) is 0 Å². The van der Waals surface area contributed by atoms with Crippen LogP contribution in [0.3, 0.4) is 0 Å². The second kappa shape index (κ2) is 9.66. The standard InChI is InChI=1S/C26H24N8O3/c1-15-5-6-19(28-11-15)22(27-3)17-7-9-33(10-8-17)26(36)24(35)18-12-29-23-21(18)20(37-4)13-30-25(23)34-14-31-16(2)32-34/h5-6,11-14,29H,7-10H2,1-2,4H3/i4D3,5D,6D,11D. The number of likely N-dealkylation sites (tertiary alicyclic amines) is 1. The van der Waals surface area contributed by atoms with Crippen LogP contribution in [-0.4, -0.2) is 66.4 Å². The van der Waals surface area contributed by atoms with E-state index in [2.05, 4.69) is 29.9 Å². The van der Waals surface area contributed by atoms with Gasteiger partial charge in [0.1, 0.15) is 17.9 Å². The van der Waals surface area contributed by atoms with Crippen LogP contribution in [0.1, 0.15) is 48.5 Å². The van der Waals surface area contributed by atoms with E-state index in [0.717, 1.165) is 6.20 Å². The zero-order valence-corrected chi connectivity index (χ0v) is 19.9. The van der Waals surface area contributed by atoms with Crippen LogP contribution in [0, 0.1) is 20.4 Å². The quantitative estimate of drug-likeness (QED) is 0.252. The molecular weight excluding hydrogens is 472 g/mol. The van der Waals surface area contributed by atoms with Crippen molar-refractivity contribution in [1.29, 1.82) is 0 Å². The number of hydrogen-bond acceptors (Lipinski definition) is 7. The lowest BCUT2D eigenvalue weighted by molar-refractivity contribution is -0.126. The second-order valence-electron chi connectivity index (χ2n) is 8.37. The van der Waals surface area contributed by atoms with Crippen molar-refractivity contribution in [3.8, 4) is 11.6 Å². The number of aryl methyl sites for hydroxylation is 1. The van der Waals surface area contributed by atoms with E-state index >= 15 is 0 Å². The highest BCUT2D eigenvalue weighted by molar-refractivity contribution is 6.45. The minimum Gasteiger partial charge on any atom is -0.494 e. The topological polar surface area (TPSA) is 123 Å². The molecule has 1 fully saturated rings. The van der Waals surface area contributed by atoms with Gasteiger partial charge in [-0.2, -0.15) is 5.10 Å². The third-order valence-electron chi connectivity index (χ3n) is 6.06. The number of H-pyrrole nitrogens is 1. The van der Waals surface area contributed by atoms with Crippen LogP contribution >= 0.6 is 0 Å². The number of ketones is 1. The van der Waals surface area contributed by atoms with Gasteiger partial charge in [-0.3, -0.25) is 14.6 Å². The number of nitrogens with one attached hydrogen (secondary N) is 1. The number of pyridine rings is 2. The number of nitrogens with zero attached hydrogens (tertiary/aromatic N) is 7. The maximum Gasteiger partial charge on any atom is 0.295 e. The van der Waals surface area contributed by atoms with E-state index in [-0.39, 0.29) is 89.2 Å². The number of fused-ring (bicyclic) bond motifs is 1. The van der Waals surface area contributed by atoms with Gasteiger partial charge < -0.3 is 14.6 Å². The van der Waals surface area contributed by atoms with Gasteiger partial charge in [-0.05, 0) is 38.3 Å². The fourth-order valence-corrected chi connectivity index (χ4v) is 4.22. The Morgan fingerprint density at radius 1 is 1.22 bits per heavy atom. The van der Waals surface area contributed by atoms with Crippen molar-refractivity contribution in [1.82, 2.24) is 34.6 Å². The summed E-state index contributed by atoms with van der Waals surface area (Å²) in [5, 5.41) is 4.26. The third kappa shape index (κ3) is 4.33. The largest absolute Gasteiger partial charge is 0.494 e. The smallest absolute Gasteiger partial charge is 0.295 e. The molecule has 0 atom stereocenters. The van der Waals surface area contributed by atoms with Gasteiger partial charge in [0.2, 0.25) is 5.70 Å². The van der Waals surface area contributed by atoms with Crippen LogP contribution in [-0.2, 0) is 4.79 Å². The fraction of sp³-hybridized carbons (Fsp3) is 0.269. The molecule has 0 spiro atoms. The predicted molar refractivity (Wildman–Crippen MR) is 135 cm³/mol. The number of piperidine rings is 1. The molecule has 0 aliphatic carbocycles. The van der Waals surface area contributed by atoms with Crippen molar-refractivity contribution in [2.24, 2.45) is 0 Å². The minimum atomic E-state index is -2.86. The highest BCUT2D eigenvalue weighted by Gasteiger charge is 2.30. The Hall–Kier alpha value is -4.85. The summed E-state index contributed by atoms with van der Waals surface area (Å²) in [6.45, 7) is 11.0. The van der Waals surface area contributed by atoms with E-state index in [1.165, 1.54) is 29.0 Å². The van der Waals surface area contributed by atoms with Gasteiger partial charge in [0.15, 0.2) is 5.82 Å². The summed E-state index contributed by atoms with van der Waals surface area (Å²) in [5.41, 5.74) is 0.968. The highest BCUT2D eigenvalue weighted by Crippen LogP contribution is 2.32. The number of ether oxygens (including phenoxy) is 1. The molecule has 0 aromatic carbocycles. The van der Waals surface area contributed by atoms with Gasteiger partial charge in [-0.25, -0.2) is 19.5 Å². The maximum absolute atomic E-state index is 13.5. The van der Waals surface area contributed by atoms with Gasteiger partial charge in [0.25, 0.3) is 11.7 Å². The summed E-state index contributed by atoms with van der Waals surface area (Å²) >= 11 is 0. The molecule has 5 heterocycles. The van der Waals surface area contributed by atoms with Crippen molar-refractivity contribution in [3.63, 3.8) is 0 Å².